The Labute approximate surface area is 178 Å². The molecule has 1 aliphatic rings. The standard InChI is InChI=1S/C21H23N7O3/c1-31-16-8-4-3-7-13(16)14-11-23-18(22)17(25-14)20(29)26-19-15(12-24-21(30)27-19)28-9-5-2-6-10-28/h3-4,7-8,11-12H,2,5-6,9-10H2,1H3,(H2,22,23)(H2,24,26,27,29,30). The largest absolute Gasteiger partial charge is 0.496 e. The van der Waals surface area contributed by atoms with Gasteiger partial charge in [0.1, 0.15) is 11.6 Å². The summed E-state index contributed by atoms with van der Waals surface area (Å²) < 4.78 is 5.37. The number of nitrogens with one attached hydrogen (secondary N) is 2. The summed E-state index contributed by atoms with van der Waals surface area (Å²) in [6.07, 6.45) is 6.17. The van der Waals surface area contributed by atoms with E-state index in [1.165, 1.54) is 12.4 Å². The maximum absolute atomic E-state index is 13.0. The first kappa shape index (κ1) is 20.3. The van der Waals surface area contributed by atoms with Crippen LogP contribution in [0.1, 0.15) is 29.8 Å². The first-order valence-corrected chi connectivity index (χ1v) is 9.98. The fourth-order valence-electron chi connectivity index (χ4n) is 3.58. The number of ether oxygens (including phenoxy) is 1. The van der Waals surface area contributed by atoms with Crippen LogP contribution in [-0.4, -0.2) is 46.0 Å². The number of nitrogens with two attached hydrogens (primary N) is 1. The van der Waals surface area contributed by atoms with Gasteiger partial charge in [0.25, 0.3) is 5.91 Å². The summed E-state index contributed by atoms with van der Waals surface area (Å²) in [6.45, 7) is 1.64. The molecule has 160 valence electrons. The summed E-state index contributed by atoms with van der Waals surface area (Å²) in [7, 11) is 1.55. The molecule has 3 aromatic rings. The second kappa shape index (κ2) is 8.82. The maximum Gasteiger partial charge on any atom is 0.346 e. The molecule has 10 heteroatoms. The monoisotopic (exact) mass is 421 g/mol. The van der Waals surface area contributed by atoms with Crippen molar-refractivity contribution >= 4 is 23.2 Å². The summed E-state index contributed by atoms with van der Waals surface area (Å²) in [5, 5.41) is 2.72. The van der Waals surface area contributed by atoms with E-state index in [0.717, 1.165) is 32.4 Å². The normalized spacial score (nSPS) is 13.6. The first-order chi connectivity index (χ1) is 15.1. The third-order valence-corrected chi connectivity index (χ3v) is 5.13. The molecular formula is C21H23N7O3. The molecule has 1 fully saturated rings. The molecule has 0 unspecified atom stereocenters. The number of methoxy groups -OCH3 is 1. The topological polar surface area (TPSA) is 139 Å². The SMILES string of the molecule is COc1ccccc1-c1cnc(N)c(C(=O)Nc2[nH]c(=O)ncc2N2CCCCC2)n1. The minimum Gasteiger partial charge on any atom is -0.496 e. The van der Waals surface area contributed by atoms with Crippen LogP contribution < -0.4 is 26.4 Å². The highest BCUT2D eigenvalue weighted by Gasteiger charge is 2.21. The molecule has 3 heterocycles. The number of amides is 1. The van der Waals surface area contributed by atoms with E-state index in [-0.39, 0.29) is 17.3 Å². The van der Waals surface area contributed by atoms with Crippen molar-refractivity contribution in [1.82, 2.24) is 19.9 Å². The molecule has 4 rings (SSSR count). The van der Waals surface area contributed by atoms with E-state index in [9.17, 15) is 9.59 Å². The van der Waals surface area contributed by atoms with Crippen molar-refractivity contribution in [2.24, 2.45) is 0 Å². The molecule has 0 bridgehead atoms. The number of para-hydroxylation sites is 1. The van der Waals surface area contributed by atoms with Gasteiger partial charge < -0.3 is 20.7 Å². The number of nitrogen functional groups attached to an aromatic ring is 1. The van der Waals surface area contributed by atoms with Gasteiger partial charge in [-0.2, -0.15) is 4.98 Å². The van der Waals surface area contributed by atoms with E-state index >= 15 is 0 Å². The molecule has 0 spiro atoms. The molecule has 1 amide bonds. The zero-order chi connectivity index (χ0) is 21.8. The van der Waals surface area contributed by atoms with E-state index < -0.39 is 11.6 Å². The molecular weight excluding hydrogens is 398 g/mol. The number of aromatic nitrogens is 4. The number of H-pyrrole nitrogens is 1. The lowest BCUT2D eigenvalue weighted by atomic mass is 10.1. The van der Waals surface area contributed by atoms with Gasteiger partial charge in [-0.25, -0.2) is 14.8 Å². The van der Waals surface area contributed by atoms with Gasteiger partial charge in [-0.3, -0.25) is 9.78 Å². The number of nitrogens with zero attached hydrogens (tertiary/aromatic N) is 4. The van der Waals surface area contributed by atoms with Crippen LogP contribution in [0, 0.1) is 0 Å². The fourth-order valence-corrected chi connectivity index (χ4v) is 3.58. The number of carbonyl (C=O) groups excluding carboxylic acids is 1. The van der Waals surface area contributed by atoms with Gasteiger partial charge in [0.2, 0.25) is 0 Å². The Bertz CT molecular complexity index is 1160. The van der Waals surface area contributed by atoms with Crippen LogP contribution in [0.2, 0.25) is 0 Å². The number of benzene rings is 1. The van der Waals surface area contributed by atoms with Crippen molar-refractivity contribution < 1.29 is 9.53 Å². The predicted octanol–water partition coefficient (Wildman–Crippen LogP) is 2.06. The average molecular weight is 421 g/mol. The van der Waals surface area contributed by atoms with Crippen molar-refractivity contribution in [2.75, 3.05) is 36.1 Å². The van der Waals surface area contributed by atoms with Gasteiger partial charge >= 0.3 is 5.69 Å². The van der Waals surface area contributed by atoms with Gasteiger partial charge in [-0.15, -0.1) is 0 Å². The van der Waals surface area contributed by atoms with Crippen molar-refractivity contribution in [3.05, 3.63) is 52.8 Å². The van der Waals surface area contributed by atoms with Crippen molar-refractivity contribution in [2.45, 2.75) is 19.3 Å². The van der Waals surface area contributed by atoms with Gasteiger partial charge in [0.15, 0.2) is 11.5 Å². The van der Waals surface area contributed by atoms with Gasteiger partial charge in [0.05, 0.1) is 30.9 Å². The van der Waals surface area contributed by atoms with E-state index in [0.29, 0.717) is 22.7 Å². The van der Waals surface area contributed by atoms with E-state index in [1.54, 1.807) is 13.2 Å². The number of anilines is 3. The smallest absolute Gasteiger partial charge is 0.346 e. The fraction of sp³-hybridized carbons (Fsp3) is 0.286. The Morgan fingerprint density at radius 2 is 1.94 bits per heavy atom. The number of hydrogen-bond acceptors (Lipinski definition) is 8. The van der Waals surface area contributed by atoms with Crippen molar-refractivity contribution in [3.8, 4) is 17.0 Å². The zero-order valence-electron chi connectivity index (χ0n) is 17.1. The number of aromatic amines is 1. The highest BCUT2D eigenvalue weighted by molar-refractivity contribution is 6.06. The number of rotatable bonds is 5. The second-order valence-electron chi connectivity index (χ2n) is 7.14. The quantitative estimate of drug-likeness (QED) is 0.569. The van der Waals surface area contributed by atoms with Crippen LogP contribution in [0.25, 0.3) is 11.3 Å². The summed E-state index contributed by atoms with van der Waals surface area (Å²) >= 11 is 0. The molecule has 4 N–H and O–H groups in total. The summed E-state index contributed by atoms with van der Waals surface area (Å²) in [5.41, 5.74) is 7.11. The Hall–Kier alpha value is -3.95. The number of hydrogen-bond donors (Lipinski definition) is 3. The van der Waals surface area contributed by atoms with Crippen LogP contribution in [0.4, 0.5) is 17.3 Å². The molecule has 1 aromatic carbocycles. The highest BCUT2D eigenvalue weighted by Crippen LogP contribution is 2.29. The first-order valence-electron chi connectivity index (χ1n) is 9.98. The predicted molar refractivity (Wildman–Crippen MR) is 117 cm³/mol. The van der Waals surface area contributed by atoms with E-state index in [1.807, 2.05) is 18.2 Å². The lowest BCUT2D eigenvalue weighted by Crippen LogP contribution is -2.32. The number of piperidine rings is 1. The Balaban J connectivity index is 1.67. The second-order valence-corrected chi connectivity index (χ2v) is 7.14. The van der Waals surface area contributed by atoms with Crippen molar-refractivity contribution in [1.29, 1.82) is 0 Å². The third-order valence-electron chi connectivity index (χ3n) is 5.13. The van der Waals surface area contributed by atoms with E-state index in [4.69, 9.17) is 10.5 Å². The van der Waals surface area contributed by atoms with E-state index in [2.05, 4.69) is 30.2 Å². The lowest BCUT2D eigenvalue weighted by molar-refractivity contribution is 0.102. The molecule has 0 aliphatic carbocycles. The van der Waals surface area contributed by atoms with Crippen LogP contribution in [-0.2, 0) is 0 Å². The van der Waals surface area contributed by atoms with Crippen LogP contribution >= 0.6 is 0 Å². The van der Waals surface area contributed by atoms with Crippen LogP contribution in [0.5, 0.6) is 5.75 Å². The lowest BCUT2D eigenvalue weighted by Gasteiger charge is -2.29. The molecule has 31 heavy (non-hydrogen) atoms. The molecule has 0 saturated carbocycles. The highest BCUT2D eigenvalue weighted by atomic mass is 16.5. The molecule has 1 saturated heterocycles. The minimum atomic E-state index is -0.582. The van der Waals surface area contributed by atoms with Gasteiger partial charge in [-0.1, -0.05) is 12.1 Å². The minimum absolute atomic E-state index is 0.0212. The van der Waals surface area contributed by atoms with Crippen LogP contribution in [0.15, 0.2) is 41.5 Å². The summed E-state index contributed by atoms with van der Waals surface area (Å²) in [6, 6.07) is 7.28. The molecule has 2 aromatic heterocycles. The Morgan fingerprint density at radius 1 is 1.16 bits per heavy atom. The van der Waals surface area contributed by atoms with Crippen LogP contribution in [0.3, 0.4) is 0 Å². The molecule has 0 atom stereocenters. The average Bonchev–Trinajstić information content (AvgIpc) is 2.80. The number of carbonyl (C=O) groups is 1. The molecule has 10 nitrogen and oxygen atoms in total. The summed E-state index contributed by atoms with van der Waals surface area (Å²) in [5.74, 6) is 0.253. The van der Waals surface area contributed by atoms with Crippen molar-refractivity contribution in [3.63, 3.8) is 0 Å². The molecule has 0 radical (unpaired) electrons. The summed E-state index contributed by atoms with van der Waals surface area (Å²) in [4.78, 5) is 41.9. The maximum atomic E-state index is 13.0. The third kappa shape index (κ3) is 4.32. The van der Waals surface area contributed by atoms with Gasteiger partial charge in [0, 0.05) is 18.7 Å². The zero-order valence-corrected chi connectivity index (χ0v) is 17.1. The Kier molecular flexibility index (Phi) is 5.78. The molecule has 1 aliphatic heterocycles. The van der Waals surface area contributed by atoms with Gasteiger partial charge in [-0.05, 0) is 31.4 Å². The Morgan fingerprint density at radius 3 is 2.71 bits per heavy atom.